The van der Waals surface area contributed by atoms with Crippen molar-refractivity contribution in [2.24, 2.45) is 0 Å². The number of aromatic nitrogens is 4. The third kappa shape index (κ3) is 1.98. The highest BCUT2D eigenvalue weighted by Crippen LogP contribution is 2.31. The van der Waals surface area contributed by atoms with Gasteiger partial charge in [-0.25, -0.2) is 0 Å². The SMILES string of the molecule is Clc1nc(Oc2ccccc2Cl)c2cn[nH]c2n1. The molecule has 0 atom stereocenters. The van der Waals surface area contributed by atoms with Gasteiger partial charge in [0, 0.05) is 0 Å². The number of hydrogen-bond donors (Lipinski definition) is 1. The van der Waals surface area contributed by atoms with Crippen LogP contribution >= 0.6 is 23.2 Å². The first kappa shape index (κ1) is 11.3. The number of fused-ring (bicyclic) bond motifs is 1. The maximum atomic E-state index is 6.01. The van der Waals surface area contributed by atoms with Crippen molar-refractivity contribution in [2.75, 3.05) is 0 Å². The number of nitrogens with zero attached hydrogens (tertiary/aromatic N) is 3. The summed E-state index contributed by atoms with van der Waals surface area (Å²) in [6, 6.07) is 7.10. The number of benzene rings is 1. The molecule has 5 nitrogen and oxygen atoms in total. The molecule has 0 bridgehead atoms. The highest BCUT2D eigenvalue weighted by Gasteiger charge is 2.11. The zero-order chi connectivity index (χ0) is 12.5. The van der Waals surface area contributed by atoms with Gasteiger partial charge in [0.1, 0.15) is 11.1 Å². The minimum absolute atomic E-state index is 0.0776. The van der Waals surface area contributed by atoms with Crippen LogP contribution in [0.25, 0.3) is 11.0 Å². The molecule has 0 saturated heterocycles. The minimum atomic E-state index is 0.0776. The predicted octanol–water partition coefficient (Wildman–Crippen LogP) is 3.45. The fourth-order valence-electron chi connectivity index (χ4n) is 1.49. The van der Waals surface area contributed by atoms with Crippen molar-refractivity contribution >= 4 is 34.2 Å². The van der Waals surface area contributed by atoms with Gasteiger partial charge in [0.2, 0.25) is 11.2 Å². The molecule has 90 valence electrons. The minimum Gasteiger partial charge on any atom is -0.437 e. The topological polar surface area (TPSA) is 63.7 Å². The van der Waals surface area contributed by atoms with Gasteiger partial charge >= 0.3 is 0 Å². The molecule has 1 N–H and O–H groups in total. The molecule has 0 aliphatic heterocycles. The van der Waals surface area contributed by atoms with Gasteiger partial charge in [-0.2, -0.15) is 15.1 Å². The van der Waals surface area contributed by atoms with Crippen molar-refractivity contribution in [3.8, 4) is 11.6 Å². The summed E-state index contributed by atoms with van der Waals surface area (Å²) in [6.45, 7) is 0. The lowest BCUT2D eigenvalue weighted by atomic mass is 10.3. The number of rotatable bonds is 2. The molecule has 2 aromatic heterocycles. The van der Waals surface area contributed by atoms with E-state index in [-0.39, 0.29) is 5.28 Å². The van der Waals surface area contributed by atoms with E-state index in [2.05, 4.69) is 20.2 Å². The Morgan fingerprint density at radius 2 is 1.94 bits per heavy atom. The third-order valence-electron chi connectivity index (χ3n) is 2.29. The van der Waals surface area contributed by atoms with Crippen LogP contribution in [0.1, 0.15) is 0 Å². The first-order chi connectivity index (χ1) is 8.74. The summed E-state index contributed by atoms with van der Waals surface area (Å²) < 4.78 is 5.63. The Morgan fingerprint density at radius 1 is 1.11 bits per heavy atom. The van der Waals surface area contributed by atoms with Crippen LogP contribution in [0.15, 0.2) is 30.5 Å². The molecule has 3 rings (SSSR count). The fraction of sp³-hybridized carbons (Fsp3) is 0. The van der Waals surface area contributed by atoms with Gasteiger partial charge in [-0.05, 0) is 23.7 Å². The van der Waals surface area contributed by atoms with Crippen LogP contribution in [0.4, 0.5) is 0 Å². The molecule has 0 spiro atoms. The first-order valence-corrected chi connectivity index (χ1v) is 5.78. The number of hydrogen-bond acceptors (Lipinski definition) is 4. The normalized spacial score (nSPS) is 10.8. The van der Waals surface area contributed by atoms with Gasteiger partial charge in [0.15, 0.2) is 5.65 Å². The molecule has 2 heterocycles. The third-order valence-corrected chi connectivity index (χ3v) is 2.77. The van der Waals surface area contributed by atoms with Crippen LogP contribution in [-0.2, 0) is 0 Å². The summed E-state index contributed by atoms with van der Waals surface area (Å²) in [4.78, 5) is 8.01. The first-order valence-electron chi connectivity index (χ1n) is 5.03. The number of nitrogens with one attached hydrogen (secondary N) is 1. The number of H-pyrrole nitrogens is 1. The average Bonchev–Trinajstić information content (AvgIpc) is 2.80. The van der Waals surface area contributed by atoms with E-state index in [1.54, 1.807) is 18.3 Å². The van der Waals surface area contributed by atoms with E-state index >= 15 is 0 Å². The standard InChI is InChI=1S/C11H6Cl2N4O/c12-7-3-1-2-4-8(7)18-10-6-5-14-17-9(6)15-11(13)16-10/h1-5H,(H,14,15,16,17). The molecular weight excluding hydrogens is 275 g/mol. The number of para-hydroxylation sites is 1. The van der Waals surface area contributed by atoms with Crippen molar-refractivity contribution in [1.29, 1.82) is 0 Å². The second-order valence-electron chi connectivity index (χ2n) is 3.46. The molecular formula is C11H6Cl2N4O. The molecule has 7 heteroatoms. The van der Waals surface area contributed by atoms with Gasteiger partial charge in [-0.1, -0.05) is 23.7 Å². The molecule has 0 saturated carbocycles. The fourth-order valence-corrected chi connectivity index (χ4v) is 1.83. The number of halogens is 2. The van der Waals surface area contributed by atoms with Crippen LogP contribution in [0.5, 0.6) is 11.6 Å². The van der Waals surface area contributed by atoms with Gasteiger partial charge in [-0.3, -0.25) is 5.10 Å². The number of ether oxygens (including phenoxy) is 1. The summed E-state index contributed by atoms with van der Waals surface area (Å²) in [7, 11) is 0. The Morgan fingerprint density at radius 3 is 2.78 bits per heavy atom. The Hall–Kier alpha value is -1.85. The van der Waals surface area contributed by atoms with Crippen molar-refractivity contribution < 1.29 is 4.74 Å². The highest BCUT2D eigenvalue weighted by molar-refractivity contribution is 6.32. The van der Waals surface area contributed by atoms with Crippen molar-refractivity contribution in [3.63, 3.8) is 0 Å². The Balaban J connectivity index is 2.10. The highest BCUT2D eigenvalue weighted by atomic mass is 35.5. The smallest absolute Gasteiger partial charge is 0.234 e. The summed E-state index contributed by atoms with van der Waals surface area (Å²) in [5.41, 5.74) is 0.511. The molecule has 18 heavy (non-hydrogen) atoms. The lowest BCUT2D eigenvalue weighted by Gasteiger charge is -2.06. The van der Waals surface area contributed by atoms with Crippen molar-refractivity contribution in [2.45, 2.75) is 0 Å². The van der Waals surface area contributed by atoms with E-state index in [1.165, 1.54) is 0 Å². The van der Waals surface area contributed by atoms with E-state index in [0.29, 0.717) is 27.7 Å². The van der Waals surface area contributed by atoms with E-state index in [4.69, 9.17) is 27.9 Å². The molecule has 1 aromatic carbocycles. The van der Waals surface area contributed by atoms with Crippen molar-refractivity contribution in [1.82, 2.24) is 20.2 Å². The van der Waals surface area contributed by atoms with Crippen molar-refractivity contribution in [3.05, 3.63) is 40.8 Å². The molecule has 3 aromatic rings. The Bertz CT molecular complexity index is 713. The van der Waals surface area contributed by atoms with Crippen LogP contribution in [0.3, 0.4) is 0 Å². The lowest BCUT2D eigenvalue weighted by molar-refractivity contribution is 0.468. The quantitative estimate of drug-likeness (QED) is 0.731. The molecule has 0 aliphatic carbocycles. The van der Waals surface area contributed by atoms with E-state index < -0.39 is 0 Å². The van der Waals surface area contributed by atoms with Crippen LogP contribution < -0.4 is 4.74 Å². The average molecular weight is 281 g/mol. The second kappa shape index (κ2) is 4.44. The molecule has 0 fully saturated rings. The molecule has 0 radical (unpaired) electrons. The second-order valence-corrected chi connectivity index (χ2v) is 4.21. The van der Waals surface area contributed by atoms with Crippen LogP contribution in [-0.4, -0.2) is 20.2 Å². The maximum absolute atomic E-state index is 6.01. The van der Waals surface area contributed by atoms with E-state index in [9.17, 15) is 0 Å². The summed E-state index contributed by atoms with van der Waals surface area (Å²) in [6.07, 6.45) is 1.57. The zero-order valence-corrected chi connectivity index (χ0v) is 10.4. The number of aromatic amines is 1. The summed E-state index contributed by atoms with van der Waals surface area (Å²) in [5, 5.41) is 7.78. The Labute approximate surface area is 112 Å². The molecule has 0 unspecified atom stereocenters. The maximum Gasteiger partial charge on any atom is 0.234 e. The van der Waals surface area contributed by atoms with Crippen LogP contribution in [0, 0.1) is 0 Å². The van der Waals surface area contributed by atoms with E-state index in [0.717, 1.165) is 0 Å². The molecule has 0 amide bonds. The van der Waals surface area contributed by atoms with Crippen LogP contribution in [0.2, 0.25) is 10.3 Å². The zero-order valence-electron chi connectivity index (χ0n) is 8.89. The predicted molar refractivity (Wildman–Crippen MR) is 68.2 cm³/mol. The summed E-state index contributed by atoms with van der Waals surface area (Å²) in [5.74, 6) is 0.809. The van der Waals surface area contributed by atoms with E-state index in [1.807, 2.05) is 12.1 Å². The monoisotopic (exact) mass is 280 g/mol. The Kier molecular flexibility index (Phi) is 2.77. The largest absolute Gasteiger partial charge is 0.437 e. The van der Waals surface area contributed by atoms with Gasteiger partial charge in [0.05, 0.1) is 11.2 Å². The van der Waals surface area contributed by atoms with Gasteiger partial charge in [-0.15, -0.1) is 0 Å². The lowest BCUT2D eigenvalue weighted by Crippen LogP contribution is -1.92. The van der Waals surface area contributed by atoms with Gasteiger partial charge in [0.25, 0.3) is 0 Å². The molecule has 0 aliphatic rings. The summed E-state index contributed by atoms with van der Waals surface area (Å²) >= 11 is 11.8. The van der Waals surface area contributed by atoms with Gasteiger partial charge < -0.3 is 4.74 Å².